The van der Waals surface area contributed by atoms with Crippen LogP contribution in [0, 0.1) is 0 Å². The Hall–Kier alpha value is -1.58. The third-order valence-electron chi connectivity index (χ3n) is 2.83. The second-order valence-electron chi connectivity index (χ2n) is 3.67. The molecule has 2 aromatic rings. The quantitative estimate of drug-likeness (QED) is 0.737. The average molecular weight is 188 g/mol. The predicted octanol–water partition coefficient (Wildman–Crippen LogP) is 1.53. The smallest absolute Gasteiger partial charge is 0.129 e. The van der Waals surface area contributed by atoms with Crippen molar-refractivity contribution in [3.05, 3.63) is 36.4 Å². The molecule has 1 unspecified atom stereocenters. The van der Waals surface area contributed by atoms with Crippen LogP contribution >= 0.6 is 0 Å². The second kappa shape index (κ2) is 2.97. The van der Waals surface area contributed by atoms with Crippen molar-refractivity contribution in [1.82, 2.24) is 19.5 Å². The Bertz CT molecular complexity index is 415. The molecule has 0 fully saturated rings. The zero-order valence-corrected chi connectivity index (χ0v) is 7.85. The van der Waals surface area contributed by atoms with E-state index in [-0.39, 0.29) is 0 Å². The van der Waals surface area contributed by atoms with Crippen molar-refractivity contribution in [1.29, 1.82) is 0 Å². The van der Waals surface area contributed by atoms with Gasteiger partial charge in [-0.3, -0.25) is 0 Å². The first-order valence-electron chi connectivity index (χ1n) is 4.95. The third-order valence-corrected chi connectivity index (χ3v) is 2.83. The van der Waals surface area contributed by atoms with E-state index in [1.165, 1.54) is 12.1 Å². The summed E-state index contributed by atoms with van der Waals surface area (Å²) in [6.45, 7) is 0. The van der Waals surface area contributed by atoms with Gasteiger partial charge in [-0.15, -0.1) is 0 Å². The lowest BCUT2D eigenvalue weighted by Crippen LogP contribution is -2.18. The standard InChI is InChI=1S/C10H12N4/c1-2-8-6-11-7-14(8)9(3-1)10-12-4-5-13-10/h4-7,9H,1-3H2,(H,12,13). The van der Waals surface area contributed by atoms with Crippen LogP contribution < -0.4 is 0 Å². The molecule has 72 valence electrons. The summed E-state index contributed by atoms with van der Waals surface area (Å²) < 4.78 is 2.22. The van der Waals surface area contributed by atoms with Gasteiger partial charge in [0.1, 0.15) is 5.82 Å². The van der Waals surface area contributed by atoms with Crippen LogP contribution in [0.25, 0.3) is 0 Å². The minimum Gasteiger partial charge on any atom is -0.347 e. The Morgan fingerprint density at radius 2 is 2.50 bits per heavy atom. The first kappa shape index (κ1) is 7.79. The number of fused-ring (bicyclic) bond motifs is 1. The highest BCUT2D eigenvalue weighted by molar-refractivity contribution is 5.10. The van der Waals surface area contributed by atoms with Crippen molar-refractivity contribution in [3.63, 3.8) is 0 Å². The van der Waals surface area contributed by atoms with E-state index in [1.807, 2.05) is 18.7 Å². The Morgan fingerprint density at radius 3 is 3.36 bits per heavy atom. The number of aromatic amines is 1. The van der Waals surface area contributed by atoms with Crippen LogP contribution in [0.4, 0.5) is 0 Å². The van der Waals surface area contributed by atoms with Crippen molar-refractivity contribution in [2.75, 3.05) is 0 Å². The molecule has 4 heteroatoms. The summed E-state index contributed by atoms with van der Waals surface area (Å²) in [5, 5.41) is 0. The summed E-state index contributed by atoms with van der Waals surface area (Å²) in [6.07, 6.45) is 11.0. The first-order valence-corrected chi connectivity index (χ1v) is 4.95. The molecule has 0 aromatic carbocycles. The van der Waals surface area contributed by atoms with Crippen molar-refractivity contribution in [2.45, 2.75) is 25.3 Å². The van der Waals surface area contributed by atoms with Crippen molar-refractivity contribution in [3.8, 4) is 0 Å². The maximum atomic E-state index is 4.31. The minimum atomic E-state index is 0.358. The largest absolute Gasteiger partial charge is 0.347 e. The molecule has 2 aromatic heterocycles. The summed E-state index contributed by atoms with van der Waals surface area (Å²) in [5.41, 5.74) is 1.32. The van der Waals surface area contributed by atoms with Crippen LogP contribution in [-0.4, -0.2) is 19.5 Å². The number of H-pyrrole nitrogens is 1. The van der Waals surface area contributed by atoms with E-state index in [9.17, 15) is 0 Å². The number of nitrogens with one attached hydrogen (secondary N) is 1. The Kier molecular flexibility index (Phi) is 1.65. The molecular formula is C10H12N4. The molecule has 0 saturated carbocycles. The highest BCUT2D eigenvalue weighted by Gasteiger charge is 2.22. The molecule has 1 aliphatic heterocycles. The van der Waals surface area contributed by atoms with E-state index in [0.717, 1.165) is 18.7 Å². The predicted molar refractivity (Wildman–Crippen MR) is 51.9 cm³/mol. The van der Waals surface area contributed by atoms with Gasteiger partial charge in [-0.2, -0.15) is 0 Å². The summed E-state index contributed by atoms with van der Waals surface area (Å²) in [7, 11) is 0. The molecule has 0 amide bonds. The third kappa shape index (κ3) is 1.07. The van der Waals surface area contributed by atoms with Crippen LogP contribution in [0.3, 0.4) is 0 Å². The lowest BCUT2D eigenvalue weighted by molar-refractivity contribution is 0.441. The molecule has 0 aliphatic carbocycles. The van der Waals surface area contributed by atoms with Crippen LogP contribution in [0.1, 0.15) is 30.4 Å². The molecule has 0 spiro atoms. The molecule has 0 saturated heterocycles. The summed E-state index contributed by atoms with van der Waals surface area (Å²) in [5.74, 6) is 1.05. The zero-order valence-electron chi connectivity index (χ0n) is 7.85. The Labute approximate surface area is 82.0 Å². The van der Waals surface area contributed by atoms with Gasteiger partial charge < -0.3 is 9.55 Å². The molecule has 1 N–H and O–H groups in total. The second-order valence-corrected chi connectivity index (χ2v) is 3.67. The molecule has 4 nitrogen and oxygen atoms in total. The van der Waals surface area contributed by atoms with Gasteiger partial charge in [0.2, 0.25) is 0 Å². The highest BCUT2D eigenvalue weighted by atomic mass is 15.1. The lowest BCUT2D eigenvalue weighted by Gasteiger charge is -2.23. The van der Waals surface area contributed by atoms with Crippen LogP contribution in [0.2, 0.25) is 0 Å². The van der Waals surface area contributed by atoms with Gasteiger partial charge in [-0.25, -0.2) is 9.97 Å². The van der Waals surface area contributed by atoms with E-state index in [2.05, 4.69) is 19.5 Å². The zero-order chi connectivity index (χ0) is 9.38. The summed E-state index contributed by atoms with van der Waals surface area (Å²) in [4.78, 5) is 11.7. The molecule has 1 atom stereocenters. The van der Waals surface area contributed by atoms with E-state index in [1.54, 1.807) is 6.20 Å². The SMILES string of the molecule is c1c[nH]c(C2CCCc3cncn32)n1. The molecule has 3 rings (SSSR count). The molecule has 3 heterocycles. The van der Waals surface area contributed by atoms with Gasteiger partial charge in [-0.1, -0.05) is 0 Å². The van der Waals surface area contributed by atoms with Gasteiger partial charge >= 0.3 is 0 Å². The topological polar surface area (TPSA) is 46.5 Å². The number of aromatic nitrogens is 4. The van der Waals surface area contributed by atoms with Crippen molar-refractivity contribution >= 4 is 0 Å². The molecule has 14 heavy (non-hydrogen) atoms. The maximum absolute atomic E-state index is 4.31. The fourth-order valence-corrected chi connectivity index (χ4v) is 2.15. The number of hydrogen-bond acceptors (Lipinski definition) is 2. The van der Waals surface area contributed by atoms with Crippen molar-refractivity contribution in [2.24, 2.45) is 0 Å². The number of rotatable bonds is 1. The van der Waals surface area contributed by atoms with E-state index >= 15 is 0 Å². The monoisotopic (exact) mass is 188 g/mol. The van der Waals surface area contributed by atoms with Gasteiger partial charge in [-0.05, 0) is 19.3 Å². The maximum Gasteiger partial charge on any atom is 0.129 e. The number of nitrogens with zero attached hydrogens (tertiary/aromatic N) is 3. The van der Waals surface area contributed by atoms with Gasteiger partial charge in [0, 0.05) is 24.3 Å². The van der Waals surface area contributed by atoms with Gasteiger partial charge in [0.25, 0.3) is 0 Å². The fourth-order valence-electron chi connectivity index (χ4n) is 2.15. The van der Waals surface area contributed by atoms with E-state index in [4.69, 9.17) is 0 Å². The fraction of sp³-hybridized carbons (Fsp3) is 0.400. The van der Waals surface area contributed by atoms with E-state index in [0.29, 0.717) is 6.04 Å². The minimum absolute atomic E-state index is 0.358. The van der Waals surface area contributed by atoms with E-state index < -0.39 is 0 Å². The van der Waals surface area contributed by atoms with Gasteiger partial charge in [0.05, 0.1) is 12.4 Å². The molecule has 0 bridgehead atoms. The molecule has 0 radical (unpaired) electrons. The van der Waals surface area contributed by atoms with Crippen LogP contribution in [0.5, 0.6) is 0 Å². The van der Waals surface area contributed by atoms with Gasteiger partial charge in [0.15, 0.2) is 0 Å². The van der Waals surface area contributed by atoms with Crippen LogP contribution in [0.15, 0.2) is 24.9 Å². The number of hydrogen-bond donors (Lipinski definition) is 1. The normalized spacial score (nSPS) is 20.7. The molecular weight excluding hydrogens is 176 g/mol. The number of aryl methyl sites for hydroxylation is 1. The first-order chi connectivity index (χ1) is 6.95. The summed E-state index contributed by atoms with van der Waals surface area (Å²) in [6, 6.07) is 0.358. The van der Waals surface area contributed by atoms with Crippen LogP contribution in [-0.2, 0) is 6.42 Å². The number of imidazole rings is 2. The Morgan fingerprint density at radius 1 is 1.50 bits per heavy atom. The Balaban J connectivity index is 2.04. The molecule has 1 aliphatic rings. The summed E-state index contributed by atoms with van der Waals surface area (Å²) >= 11 is 0. The lowest BCUT2D eigenvalue weighted by atomic mass is 10.0. The van der Waals surface area contributed by atoms with Crippen molar-refractivity contribution < 1.29 is 0 Å². The average Bonchev–Trinajstić information content (AvgIpc) is 2.88. The highest BCUT2D eigenvalue weighted by Crippen LogP contribution is 2.27.